The second-order valence-corrected chi connectivity index (χ2v) is 8.78. The van der Waals surface area contributed by atoms with Gasteiger partial charge in [0.2, 0.25) is 0 Å². The second-order valence-electron chi connectivity index (χ2n) is 7.24. The highest BCUT2D eigenvalue weighted by Gasteiger charge is 2.08. The van der Waals surface area contributed by atoms with E-state index >= 15 is 0 Å². The largest absolute Gasteiger partial charge is 0.362 e. The topological polar surface area (TPSA) is 76.6 Å². The lowest BCUT2D eigenvalue weighted by atomic mass is 10.1. The number of hydrogen-bond acceptors (Lipinski definition) is 5. The maximum absolute atomic E-state index is 11.3. The van der Waals surface area contributed by atoms with Gasteiger partial charge in [-0.1, -0.05) is 52.5 Å². The molecule has 0 aliphatic rings. The highest BCUT2D eigenvalue weighted by atomic mass is 32.2. The number of nitrogens with one attached hydrogen (secondary N) is 3. The number of nitrogens with zero attached hydrogens (tertiary/aromatic N) is 1. The van der Waals surface area contributed by atoms with E-state index in [-0.39, 0.29) is 0 Å². The standard InChI is InChI=1S/C23H38N4O2S2/c1-4-7-8-9-10-15-24-23(30)25-20-18-19(12-14-22(28)26-29)11-13-21(20)31-17-16-27(5-2)6-3/h11-14,18,29H,4-10,15-17H2,1-3H3,(H,26,28)(H2,24,25,30)/b14-12+. The maximum Gasteiger partial charge on any atom is 0.267 e. The molecule has 0 aromatic heterocycles. The molecular formula is C23H38N4O2S2. The number of benzene rings is 1. The molecule has 0 unspecified atom stereocenters. The van der Waals surface area contributed by atoms with Crippen LogP contribution in [-0.4, -0.2) is 53.1 Å². The first-order chi connectivity index (χ1) is 15.0. The molecule has 0 aliphatic heterocycles. The Balaban J connectivity index is 2.76. The summed E-state index contributed by atoms with van der Waals surface area (Å²) in [6.07, 6.45) is 9.06. The average molecular weight is 467 g/mol. The van der Waals surface area contributed by atoms with Crippen LogP contribution in [0.3, 0.4) is 0 Å². The zero-order chi connectivity index (χ0) is 22.9. The Labute approximate surface area is 197 Å². The Kier molecular flexibility index (Phi) is 15.0. The van der Waals surface area contributed by atoms with Crippen molar-refractivity contribution in [1.82, 2.24) is 15.7 Å². The fourth-order valence-electron chi connectivity index (χ4n) is 3.01. The summed E-state index contributed by atoms with van der Waals surface area (Å²) >= 11 is 7.29. The van der Waals surface area contributed by atoms with Gasteiger partial charge in [-0.3, -0.25) is 10.0 Å². The first kappa shape index (κ1) is 27.4. The fraction of sp³-hybridized carbons (Fsp3) is 0.565. The molecule has 0 saturated heterocycles. The summed E-state index contributed by atoms with van der Waals surface area (Å²) in [6, 6.07) is 5.96. The molecule has 8 heteroatoms. The van der Waals surface area contributed by atoms with Crippen LogP contribution in [0.5, 0.6) is 0 Å². The SMILES string of the molecule is CCCCCCCNC(=S)Nc1cc(/C=C/C(=O)NO)ccc1SCCN(CC)CC. The van der Waals surface area contributed by atoms with Crippen molar-refractivity contribution in [2.24, 2.45) is 0 Å². The number of unbranched alkanes of at least 4 members (excludes halogenated alkanes) is 4. The average Bonchev–Trinajstić information content (AvgIpc) is 2.78. The lowest BCUT2D eigenvalue weighted by Crippen LogP contribution is -2.29. The Morgan fingerprint density at radius 3 is 2.58 bits per heavy atom. The van der Waals surface area contributed by atoms with Crippen molar-refractivity contribution in [1.29, 1.82) is 0 Å². The Bertz CT molecular complexity index is 694. The lowest BCUT2D eigenvalue weighted by molar-refractivity contribution is -0.124. The summed E-state index contributed by atoms with van der Waals surface area (Å²) in [6.45, 7) is 10.5. The molecule has 174 valence electrons. The van der Waals surface area contributed by atoms with Crippen LogP contribution in [0.15, 0.2) is 29.2 Å². The molecule has 0 spiro atoms. The van der Waals surface area contributed by atoms with Gasteiger partial charge in [0.05, 0.1) is 5.69 Å². The van der Waals surface area contributed by atoms with E-state index in [0.29, 0.717) is 5.11 Å². The van der Waals surface area contributed by atoms with Gasteiger partial charge in [-0.05, 0) is 55.5 Å². The number of rotatable bonds is 15. The third kappa shape index (κ3) is 12.1. The molecule has 0 heterocycles. The molecular weight excluding hydrogens is 428 g/mol. The van der Waals surface area contributed by atoms with Crippen molar-refractivity contribution in [2.75, 3.05) is 37.2 Å². The minimum Gasteiger partial charge on any atom is -0.362 e. The van der Waals surface area contributed by atoms with Crippen LogP contribution in [0, 0.1) is 0 Å². The summed E-state index contributed by atoms with van der Waals surface area (Å²) in [5.74, 6) is 0.420. The molecule has 0 aliphatic carbocycles. The van der Waals surface area contributed by atoms with Crippen LogP contribution in [-0.2, 0) is 4.79 Å². The van der Waals surface area contributed by atoms with E-state index in [4.69, 9.17) is 17.4 Å². The molecule has 1 aromatic rings. The molecule has 0 atom stereocenters. The van der Waals surface area contributed by atoms with E-state index in [1.807, 2.05) is 18.2 Å². The van der Waals surface area contributed by atoms with Gasteiger partial charge in [-0.25, -0.2) is 5.48 Å². The van der Waals surface area contributed by atoms with E-state index in [1.54, 1.807) is 23.3 Å². The quantitative estimate of drug-likeness (QED) is 0.0732. The molecule has 1 amide bonds. The summed E-state index contributed by atoms with van der Waals surface area (Å²) in [7, 11) is 0. The molecule has 4 N–H and O–H groups in total. The van der Waals surface area contributed by atoms with Gasteiger partial charge in [0, 0.05) is 29.8 Å². The molecule has 1 rings (SSSR count). The van der Waals surface area contributed by atoms with Crippen LogP contribution in [0.4, 0.5) is 5.69 Å². The number of anilines is 1. The van der Waals surface area contributed by atoms with E-state index in [1.165, 1.54) is 31.8 Å². The van der Waals surface area contributed by atoms with Crippen molar-refractivity contribution in [3.05, 3.63) is 29.8 Å². The van der Waals surface area contributed by atoms with Gasteiger partial charge in [0.1, 0.15) is 0 Å². The Morgan fingerprint density at radius 2 is 1.90 bits per heavy atom. The Morgan fingerprint density at radius 1 is 1.16 bits per heavy atom. The van der Waals surface area contributed by atoms with E-state index in [0.717, 1.165) is 54.5 Å². The van der Waals surface area contributed by atoms with Gasteiger partial charge in [0.15, 0.2) is 5.11 Å². The minimum absolute atomic E-state index is 0.563. The summed E-state index contributed by atoms with van der Waals surface area (Å²) < 4.78 is 0. The molecule has 0 fully saturated rings. The number of hydroxylamine groups is 1. The molecule has 1 aromatic carbocycles. The van der Waals surface area contributed by atoms with Gasteiger partial charge in [-0.2, -0.15) is 0 Å². The summed E-state index contributed by atoms with van der Waals surface area (Å²) in [5, 5.41) is 15.9. The zero-order valence-corrected chi connectivity index (χ0v) is 20.7. The molecule has 0 radical (unpaired) electrons. The van der Waals surface area contributed by atoms with Gasteiger partial charge < -0.3 is 15.5 Å². The monoisotopic (exact) mass is 466 g/mol. The van der Waals surface area contributed by atoms with Crippen molar-refractivity contribution in [2.45, 2.75) is 57.8 Å². The predicted octanol–water partition coefficient (Wildman–Crippen LogP) is 4.90. The van der Waals surface area contributed by atoms with Gasteiger partial charge in [0.25, 0.3) is 5.91 Å². The first-order valence-corrected chi connectivity index (χ1v) is 12.6. The molecule has 0 bridgehead atoms. The van der Waals surface area contributed by atoms with Crippen LogP contribution in [0.25, 0.3) is 6.08 Å². The number of thiocarbonyl (C=S) groups is 1. The maximum atomic E-state index is 11.3. The lowest BCUT2D eigenvalue weighted by Gasteiger charge is -2.19. The van der Waals surface area contributed by atoms with E-state index in [2.05, 4.69) is 36.3 Å². The van der Waals surface area contributed by atoms with Crippen molar-refractivity contribution < 1.29 is 10.0 Å². The number of hydrogen-bond donors (Lipinski definition) is 4. The predicted molar refractivity (Wildman–Crippen MR) is 137 cm³/mol. The van der Waals surface area contributed by atoms with E-state index in [9.17, 15) is 4.79 Å². The van der Waals surface area contributed by atoms with Crippen LogP contribution >= 0.6 is 24.0 Å². The fourth-order valence-corrected chi connectivity index (χ4v) is 4.22. The number of amides is 1. The van der Waals surface area contributed by atoms with Crippen LogP contribution < -0.4 is 16.1 Å². The van der Waals surface area contributed by atoms with Crippen LogP contribution in [0.1, 0.15) is 58.4 Å². The highest BCUT2D eigenvalue weighted by molar-refractivity contribution is 7.99. The normalized spacial score (nSPS) is 11.1. The zero-order valence-electron chi connectivity index (χ0n) is 19.1. The van der Waals surface area contributed by atoms with Crippen molar-refractivity contribution in [3.63, 3.8) is 0 Å². The summed E-state index contributed by atoms with van der Waals surface area (Å²) in [4.78, 5) is 14.8. The highest BCUT2D eigenvalue weighted by Crippen LogP contribution is 2.29. The minimum atomic E-state index is -0.563. The molecule has 31 heavy (non-hydrogen) atoms. The second kappa shape index (κ2) is 17.0. The Hall–Kier alpha value is -1.61. The van der Waals surface area contributed by atoms with Gasteiger partial charge in [-0.15, -0.1) is 11.8 Å². The first-order valence-electron chi connectivity index (χ1n) is 11.2. The number of carbonyl (C=O) groups is 1. The smallest absolute Gasteiger partial charge is 0.267 e. The van der Waals surface area contributed by atoms with Crippen LogP contribution in [0.2, 0.25) is 0 Å². The third-order valence-electron chi connectivity index (χ3n) is 4.91. The molecule has 0 saturated carbocycles. The van der Waals surface area contributed by atoms with Crippen molar-refractivity contribution in [3.8, 4) is 0 Å². The van der Waals surface area contributed by atoms with Crippen molar-refractivity contribution >= 4 is 46.8 Å². The summed E-state index contributed by atoms with van der Waals surface area (Å²) in [5.41, 5.74) is 3.37. The third-order valence-corrected chi connectivity index (χ3v) is 6.21. The molecule has 6 nitrogen and oxygen atoms in total. The van der Waals surface area contributed by atoms with Gasteiger partial charge >= 0.3 is 0 Å². The van der Waals surface area contributed by atoms with E-state index < -0.39 is 5.91 Å². The number of thioether (sulfide) groups is 1. The number of carbonyl (C=O) groups excluding carboxylic acids is 1.